The van der Waals surface area contributed by atoms with Gasteiger partial charge < -0.3 is 10.2 Å². The number of rotatable bonds is 0. The minimum Gasteiger partial charge on any atom is -0.345 e. The second-order valence-electron chi connectivity index (χ2n) is 5.88. The van der Waals surface area contributed by atoms with Gasteiger partial charge in [-0.1, -0.05) is 24.1 Å². The van der Waals surface area contributed by atoms with Crippen LogP contribution in [0.25, 0.3) is 0 Å². The van der Waals surface area contributed by atoms with Gasteiger partial charge in [-0.3, -0.25) is 0 Å². The molecule has 0 atom stereocenters. The summed E-state index contributed by atoms with van der Waals surface area (Å²) < 4.78 is 0. The van der Waals surface area contributed by atoms with Crippen molar-refractivity contribution in [2.24, 2.45) is 5.41 Å². The maximum atomic E-state index is 6.64. The van der Waals surface area contributed by atoms with Gasteiger partial charge in [-0.2, -0.15) is 0 Å². The van der Waals surface area contributed by atoms with Gasteiger partial charge >= 0.3 is 0 Å². The molecule has 1 saturated heterocycles. The lowest BCUT2D eigenvalue weighted by Crippen LogP contribution is -2.40. The van der Waals surface area contributed by atoms with Gasteiger partial charge in [-0.25, -0.2) is 0 Å². The highest BCUT2D eigenvalue weighted by Crippen LogP contribution is 2.59. The highest BCUT2D eigenvalue weighted by atomic mass is 35.5. The highest BCUT2D eigenvalue weighted by Gasteiger charge is 2.48. The molecule has 2 nitrogen and oxygen atoms in total. The molecule has 0 amide bonds. The van der Waals surface area contributed by atoms with E-state index in [0.29, 0.717) is 0 Å². The summed E-state index contributed by atoms with van der Waals surface area (Å²) in [7, 11) is 0. The molecule has 0 radical (unpaired) electrons. The number of nitrogens with one attached hydrogen (secondary N) is 1. The Bertz CT molecular complexity index is 483. The molecule has 2 aliphatic heterocycles. The summed E-state index contributed by atoms with van der Waals surface area (Å²) in [5.74, 6) is 0. The number of nitrogens with zero attached hydrogens (tertiary/aromatic N) is 1. The molecule has 2 aliphatic carbocycles. The van der Waals surface area contributed by atoms with Gasteiger partial charge in [0.1, 0.15) is 0 Å². The molecule has 0 aromatic heterocycles. The van der Waals surface area contributed by atoms with Gasteiger partial charge in [0.05, 0.1) is 0 Å². The monoisotopic (exact) mass is 262 g/mol. The Morgan fingerprint density at radius 2 is 2.22 bits per heavy atom. The first-order valence-electron chi connectivity index (χ1n) is 7.09. The fourth-order valence-electron chi connectivity index (χ4n) is 3.92. The fraction of sp³-hybridized carbons (Fsp3) is 0.600. The molecule has 0 unspecified atom stereocenters. The Hall–Kier alpha value is -0.730. The summed E-state index contributed by atoms with van der Waals surface area (Å²) in [6.07, 6.45) is 10.9. The Labute approximate surface area is 113 Å². The molecule has 4 rings (SSSR count). The predicted octanol–water partition coefficient (Wildman–Crippen LogP) is 3.13. The third-order valence-corrected chi connectivity index (χ3v) is 5.48. The lowest BCUT2D eigenvalue weighted by Gasteiger charge is -2.50. The molecule has 96 valence electrons. The average molecular weight is 263 g/mol. The van der Waals surface area contributed by atoms with Crippen molar-refractivity contribution < 1.29 is 0 Å². The van der Waals surface area contributed by atoms with Crippen LogP contribution in [0.1, 0.15) is 32.1 Å². The third-order valence-electron chi connectivity index (χ3n) is 5.02. The van der Waals surface area contributed by atoms with Gasteiger partial charge in [0, 0.05) is 42.0 Å². The maximum Gasteiger partial charge on any atom is 0.0450 e. The summed E-state index contributed by atoms with van der Waals surface area (Å²) in [5.41, 5.74) is 4.88. The molecular weight excluding hydrogens is 244 g/mol. The van der Waals surface area contributed by atoms with E-state index in [1.807, 2.05) is 0 Å². The zero-order valence-corrected chi connectivity index (χ0v) is 11.4. The quantitative estimate of drug-likeness (QED) is 0.722. The zero-order chi connectivity index (χ0) is 12.2. The topological polar surface area (TPSA) is 15.3 Å². The number of fused-ring (bicyclic) bond motifs is 1. The van der Waals surface area contributed by atoms with Crippen LogP contribution in [0.3, 0.4) is 0 Å². The number of halogens is 1. The second kappa shape index (κ2) is 3.88. The standard InChI is InChI=1S/C15H19ClN2/c16-13-10-18-8-7-17-9-11-3-1-4-12(14(11)18)15(13)5-2-6-15/h3,10,17H,1-2,4-9H2. The molecule has 0 bridgehead atoms. The van der Waals surface area contributed by atoms with Crippen LogP contribution in [0.15, 0.2) is 34.2 Å². The van der Waals surface area contributed by atoms with Crippen LogP contribution in [0, 0.1) is 5.41 Å². The summed E-state index contributed by atoms with van der Waals surface area (Å²) in [6, 6.07) is 0. The van der Waals surface area contributed by atoms with E-state index in [2.05, 4.69) is 22.5 Å². The van der Waals surface area contributed by atoms with E-state index in [1.165, 1.54) is 43.4 Å². The normalized spacial score (nSPS) is 29.3. The van der Waals surface area contributed by atoms with Crippen molar-refractivity contribution in [3.05, 3.63) is 34.2 Å². The fourth-order valence-corrected chi connectivity index (χ4v) is 4.34. The first-order valence-corrected chi connectivity index (χ1v) is 7.47. The van der Waals surface area contributed by atoms with Crippen LogP contribution in [0.2, 0.25) is 0 Å². The van der Waals surface area contributed by atoms with E-state index in [1.54, 1.807) is 5.57 Å². The number of hydrogen-bond donors (Lipinski definition) is 1. The molecule has 1 N–H and O–H groups in total. The predicted molar refractivity (Wildman–Crippen MR) is 74.1 cm³/mol. The molecular formula is C15H19ClN2. The van der Waals surface area contributed by atoms with E-state index >= 15 is 0 Å². The average Bonchev–Trinajstić information content (AvgIpc) is 2.51. The molecule has 2 heterocycles. The van der Waals surface area contributed by atoms with Crippen LogP contribution < -0.4 is 5.32 Å². The molecule has 18 heavy (non-hydrogen) atoms. The van der Waals surface area contributed by atoms with Crippen molar-refractivity contribution in [2.45, 2.75) is 32.1 Å². The largest absolute Gasteiger partial charge is 0.345 e. The van der Waals surface area contributed by atoms with Crippen LogP contribution in [0.5, 0.6) is 0 Å². The summed E-state index contributed by atoms with van der Waals surface area (Å²) in [4.78, 5) is 2.40. The van der Waals surface area contributed by atoms with E-state index < -0.39 is 0 Å². The van der Waals surface area contributed by atoms with Gasteiger partial charge in [-0.15, -0.1) is 0 Å². The number of hydrogen-bond acceptors (Lipinski definition) is 2. The molecule has 1 spiro atoms. The van der Waals surface area contributed by atoms with Gasteiger partial charge in [0.2, 0.25) is 0 Å². The maximum absolute atomic E-state index is 6.64. The Morgan fingerprint density at radius 1 is 1.33 bits per heavy atom. The van der Waals surface area contributed by atoms with Gasteiger partial charge in [-0.05, 0) is 36.8 Å². The highest BCUT2D eigenvalue weighted by molar-refractivity contribution is 6.30. The second-order valence-corrected chi connectivity index (χ2v) is 6.29. The first kappa shape index (κ1) is 11.1. The first-order chi connectivity index (χ1) is 8.81. The van der Waals surface area contributed by atoms with Crippen LogP contribution in [-0.4, -0.2) is 24.5 Å². The van der Waals surface area contributed by atoms with Gasteiger partial charge in [0.15, 0.2) is 0 Å². The van der Waals surface area contributed by atoms with Gasteiger partial charge in [0.25, 0.3) is 0 Å². The Balaban J connectivity index is 1.88. The van der Waals surface area contributed by atoms with Crippen molar-refractivity contribution in [1.29, 1.82) is 0 Å². The van der Waals surface area contributed by atoms with Crippen LogP contribution in [-0.2, 0) is 0 Å². The summed E-state index contributed by atoms with van der Waals surface area (Å²) in [5, 5.41) is 4.61. The zero-order valence-electron chi connectivity index (χ0n) is 10.6. The minimum atomic E-state index is 0.233. The van der Waals surface area contributed by atoms with E-state index in [9.17, 15) is 0 Å². The molecule has 2 fully saturated rings. The van der Waals surface area contributed by atoms with Crippen molar-refractivity contribution in [2.75, 3.05) is 19.6 Å². The van der Waals surface area contributed by atoms with E-state index in [0.717, 1.165) is 24.7 Å². The van der Waals surface area contributed by atoms with Crippen LogP contribution in [0.4, 0.5) is 0 Å². The molecule has 0 aromatic rings. The van der Waals surface area contributed by atoms with Crippen LogP contribution >= 0.6 is 11.6 Å². The van der Waals surface area contributed by atoms with Crippen molar-refractivity contribution in [3.8, 4) is 0 Å². The van der Waals surface area contributed by atoms with E-state index in [4.69, 9.17) is 11.6 Å². The molecule has 1 saturated carbocycles. The summed E-state index contributed by atoms with van der Waals surface area (Å²) in [6.45, 7) is 3.11. The Morgan fingerprint density at radius 3 is 3.00 bits per heavy atom. The third kappa shape index (κ3) is 1.33. The molecule has 4 aliphatic rings. The SMILES string of the molecule is ClC1=CN2CCNCC3=CCCC(=C32)C12CCC2. The number of allylic oxidation sites excluding steroid dienone is 3. The van der Waals surface area contributed by atoms with Crippen molar-refractivity contribution in [1.82, 2.24) is 10.2 Å². The Kier molecular flexibility index (Phi) is 2.40. The smallest absolute Gasteiger partial charge is 0.0450 e. The van der Waals surface area contributed by atoms with Crippen molar-refractivity contribution >= 4 is 11.6 Å². The minimum absolute atomic E-state index is 0.233. The molecule has 0 aromatic carbocycles. The molecule has 3 heteroatoms. The summed E-state index contributed by atoms with van der Waals surface area (Å²) >= 11 is 6.64. The lowest BCUT2D eigenvalue weighted by atomic mass is 9.60. The van der Waals surface area contributed by atoms with Crippen molar-refractivity contribution in [3.63, 3.8) is 0 Å². The lowest BCUT2D eigenvalue weighted by molar-refractivity contribution is 0.221. The van der Waals surface area contributed by atoms with E-state index in [-0.39, 0.29) is 5.41 Å².